The Labute approximate surface area is 162 Å². The average molecular weight is 377 g/mol. The lowest BCUT2D eigenvalue weighted by molar-refractivity contribution is 0.102. The number of methoxy groups -OCH3 is 2. The largest absolute Gasteiger partial charge is 0.497 e. The minimum Gasteiger partial charge on any atom is -0.497 e. The van der Waals surface area contributed by atoms with Crippen molar-refractivity contribution in [1.82, 2.24) is 9.97 Å². The van der Waals surface area contributed by atoms with Gasteiger partial charge in [-0.05, 0) is 30.3 Å². The highest BCUT2D eigenvalue weighted by Gasteiger charge is 2.24. The Hall–Kier alpha value is -3.61. The summed E-state index contributed by atoms with van der Waals surface area (Å²) in [4.78, 5) is 21.2. The van der Waals surface area contributed by atoms with Gasteiger partial charge in [-0.1, -0.05) is 0 Å². The first-order chi connectivity index (χ1) is 13.7. The Bertz CT molecular complexity index is 1000. The summed E-state index contributed by atoms with van der Waals surface area (Å²) < 4.78 is 16.0. The fourth-order valence-corrected chi connectivity index (χ4v) is 3.11. The molecule has 0 bridgehead atoms. The van der Waals surface area contributed by atoms with Crippen LogP contribution in [0.2, 0.25) is 0 Å². The molecule has 0 radical (unpaired) electrons. The molecule has 4 rings (SSSR count). The van der Waals surface area contributed by atoms with Crippen LogP contribution >= 0.6 is 0 Å². The number of rotatable bonds is 5. The van der Waals surface area contributed by atoms with Crippen molar-refractivity contribution >= 4 is 11.7 Å². The van der Waals surface area contributed by atoms with Gasteiger partial charge in [-0.3, -0.25) is 4.79 Å². The number of carbonyl (C=O) groups is 1. The molecular formula is C21H19N3O4. The first-order valence-corrected chi connectivity index (χ1v) is 8.80. The van der Waals surface area contributed by atoms with Gasteiger partial charge in [-0.2, -0.15) is 0 Å². The van der Waals surface area contributed by atoms with E-state index in [2.05, 4.69) is 15.3 Å². The molecule has 0 spiro atoms. The molecule has 0 atom stereocenters. The maximum Gasteiger partial charge on any atom is 0.256 e. The molecule has 3 heterocycles. The third-order valence-corrected chi connectivity index (χ3v) is 4.58. The molecule has 0 saturated heterocycles. The second kappa shape index (κ2) is 7.56. The van der Waals surface area contributed by atoms with Crippen LogP contribution < -0.4 is 19.5 Å². The van der Waals surface area contributed by atoms with Crippen LogP contribution in [0.3, 0.4) is 0 Å². The lowest BCUT2D eigenvalue weighted by Crippen LogP contribution is -2.13. The van der Waals surface area contributed by atoms with Crippen LogP contribution in [0.4, 0.5) is 5.82 Å². The summed E-state index contributed by atoms with van der Waals surface area (Å²) in [7, 11) is 3.16. The Morgan fingerprint density at radius 1 is 1.04 bits per heavy atom. The SMILES string of the molecule is COc1ccc(C(=O)Nc2ncc(-c3ccc(OC)nc3)c3c2OCC3)cc1. The van der Waals surface area contributed by atoms with Gasteiger partial charge >= 0.3 is 0 Å². The van der Waals surface area contributed by atoms with Gasteiger partial charge in [0.05, 0.1) is 20.8 Å². The molecule has 1 amide bonds. The second-order valence-corrected chi connectivity index (χ2v) is 6.20. The molecule has 2 aromatic heterocycles. The van der Waals surface area contributed by atoms with E-state index in [0.717, 1.165) is 23.1 Å². The topological polar surface area (TPSA) is 82.6 Å². The molecule has 1 N–H and O–H groups in total. The predicted molar refractivity (Wildman–Crippen MR) is 104 cm³/mol. The zero-order chi connectivity index (χ0) is 19.5. The summed E-state index contributed by atoms with van der Waals surface area (Å²) in [6.45, 7) is 0.545. The smallest absolute Gasteiger partial charge is 0.256 e. The van der Waals surface area contributed by atoms with Gasteiger partial charge in [0.25, 0.3) is 5.91 Å². The van der Waals surface area contributed by atoms with Crippen molar-refractivity contribution in [2.75, 3.05) is 26.1 Å². The van der Waals surface area contributed by atoms with E-state index in [9.17, 15) is 4.79 Å². The fraction of sp³-hybridized carbons (Fsp3) is 0.190. The van der Waals surface area contributed by atoms with Crippen molar-refractivity contribution < 1.29 is 19.0 Å². The molecule has 142 valence electrons. The number of amides is 1. The van der Waals surface area contributed by atoms with Gasteiger partial charge in [-0.25, -0.2) is 9.97 Å². The number of aromatic nitrogens is 2. The third-order valence-electron chi connectivity index (χ3n) is 4.58. The number of ether oxygens (including phenoxy) is 3. The van der Waals surface area contributed by atoms with E-state index >= 15 is 0 Å². The number of nitrogens with one attached hydrogen (secondary N) is 1. The minimum absolute atomic E-state index is 0.258. The third kappa shape index (κ3) is 3.34. The summed E-state index contributed by atoms with van der Waals surface area (Å²) in [5.41, 5.74) is 3.37. The van der Waals surface area contributed by atoms with E-state index in [0.29, 0.717) is 35.4 Å². The lowest BCUT2D eigenvalue weighted by atomic mass is 10.0. The van der Waals surface area contributed by atoms with Crippen molar-refractivity contribution in [2.45, 2.75) is 6.42 Å². The number of benzene rings is 1. The Balaban J connectivity index is 1.62. The van der Waals surface area contributed by atoms with Crippen LogP contribution in [0.15, 0.2) is 48.8 Å². The number of hydrogen-bond acceptors (Lipinski definition) is 6. The first-order valence-electron chi connectivity index (χ1n) is 8.80. The van der Waals surface area contributed by atoms with E-state index in [-0.39, 0.29) is 5.91 Å². The van der Waals surface area contributed by atoms with E-state index in [4.69, 9.17) is 14.2 Å². The quantitative estimate of drug-likeness (QED) is 0.734. The predicted octanol–water partition coefficient (Wildman–Crippen LogP) is 3.35. The molecule has 28 heavy (non-hydrogen) atoms. The molecule has 0 saturated carbocycles. The van der Waals surface area contributed by atoms with Crippen molar-refractivity contribution in [3.63, 3.8) is 0 Å². The van der Waals surface area contributed by atoms with Crippen molar-refractivity contribution in [3.8, 4) is 28.5 Å². The average Bonchev–Trinajstić information content (AvgIpc) is 3.24. The van der Waals surface area contributed by atoms with Crippen LogP contribution in [-0.2, 0) is 6.42 Å². The first kappa shape index (κ1) is 17.8. The molecule has 3 aromatic rings. The standard InChI is InChI=1S/C21H19N3O4/c1-26-15-6-3-13(4-7-15)21(25)24-20-19-16(9-10-28-19)17(12-23-20)14-5-8-18(27-2)22-11-14/h3-8,11-12H,9-10H2,1-2H3,(H,23,24,25). The highest BCUT2D eigenvalue weighted by molar-refractivity contribution is 6.04. The lowest BCUT2D eigenvalue weighted by Gasteiger charge is -2.12. The highest BCUT2D eigenvalue weighted by Crippen LogP contribution is 2.39. The van der Waals surface area contributed by atoms with Gasteiger partial charge in [0.2, 0.25) is 5.88 Å². The van der Waals surface area contributed by atoms with Gasteiger partial charge in [-0.15, -0.1) is 0 Å². The number of hydrogen-bond donors (Lipinski definition) is 1. The van der Waals surface area contributed by atoms with Gasteiger partial charge in [0, 0.05) is 47.1 Å². The van der Waals surface area contributed by atoms with Crippen molar-refractivity contribution in [3.05, 3.63) is 59.9 Å². The van der Waals surface area contributed by atoms with Gasteiger partial charge in [0.15, 0.2) is 11.6 Å². The Morgan fingerprint density at radius 3 is 2.54 bits per heavy atom. The number of nitrogens with zero attached hydrogens (tertiary/aromatic N) is 2. The van der Waals surface area contributed by atoms with Gasteiger partial charge < -0.3 is 19.5 Å². The summed E-state index contributed by atoms with van der Waals surface area (Å²) in [6, 6.07) is 10.6. The summed E-state index contributed by atoms with van der Waals surface area (Å²) in [6.07, 6.45) is 4.22. The maximum atomic E-state index is 12.6. The Morgan fingerprint density at radius 2 is 1.86 bits per heavy atom. The van der Waals surface area contributed by atoms with Crippen LogP contribution in [0.1, 0.15) is 15.9 Å². The molecule has 7 heteroatoms. The molecule has 0 fully saturated rings. The molecule has 1 aliphatic heterocycles. The second-order valence-electron chi connectivity index (χ2n) is 6.20. The van der Waals surface area contributed by atoms with E-state index in [1.54, 1.807) is 56.9 Å². The molecule has 7 nitrogen and oxygen atoms in total. The zero-order valence-corrected chi connectivity index (χ0v) is 15.6. The number of anilines is 1. The minimum atomic E-state index is -0.258. The molecule has 0 aliphatic carbocycles. The van der Waals surface area contributed by atoms with E-state index in [1.165, 1.54) is 0 Å². The Kier molecular flexibility index (Phi) is 4.80. The molecule has 1 aromatic carbocycles. The number of carbonyl (C=O) groups excluding carboxylic acids is 1. The number of pyridine rings is 2. The van der Waals surface area contributed by atoms with Crippen molar-refractivity contribution in [2.24, 2.45) is 0 Å². The van der Waals surface area contributed by atoms with Gasteiger partial charge in [0.1, 0.15) is 5.75 Å². The highest BCUT2D eigenvalue weighted by atomic mass is 16.5. The molecule has 0 unspecified atom stereocenters. The van der Waals surface area contributed by atoms with Crippen LogP contribution in [0.5, 0.6) is 17.4 Å². The maximum absolute atomic E-state index is 12.6. The van der Waals surface area contributed by atoms with Crippen LogP contribution in [0.25, 0.3) is 11.1 Å². The van der Waals surface area contributed by atoms with Crippen molar-refractivity contribution in [1.29, 1.82) is 0 Å². The normalized spacial score (nSPS) is 12.1. The van der Waals surface area contributed by atoms with Crippen LogP contribution in [0, 0.1) is 0 Å². The van der Waals surface area contributed by atoms with Crippen LogP contribution in [-0.4, -0.2) is 36.7 Å². The number of fused-ring (bicyclic) bond motifs is 1. The summed E-state index contributed by atoms with van der Waals surface area (Å²) >= 11 is 0. The fourth-order valence-electron chi connectivity index (χ4n) is 3.11. The summed E-state index contributed by atoms with van der Waals surface area (Å²) in [5.74, 6) is 2.00. The summed E-state index contributed by atoms with van der Waals surface area (Å²) in [5, 5.41) is 2.84. The van der Waals surface area contributed by atoms with E-state index < -0.39 is 0 Å². The zero-order valence-electron chi connectivity index (χ0n) is 15.6. The monoisotopic (exact) mass is 377 g/mol. The van der Waals surface area contributed by atoms with E-state index in [1.807, 2.05) is 6.07 Å². The molecule has 1 aliphatic rings. The molecular weight excluding hydrogens is 358 g/mol.